The number of carbonyl (C=O) groups is 3. The van der Waals surface area contributed by atoms with Crippen LogP contribution in [0.3, 0.4) is 0 Å². The molecule has 0 bridgehead atoms. The molecule has 8 nitrogen and oxygen atoms in total. The van der Waals surface area contributed by atoms with Gasteiger partial charge in [0.15, 0.2) is 0 Å². The molecular formula is C23H26ClN3O5. The zero-order valence-electron chi connectivity index (χ0n) is 17.8. The van der Waals surface area contributed by atoms with E-state index in [2.05, 4.69) is 5.32 Å². The van der Waals surface area contributed by atoms with Crippen molar-refractivity contribution in [1.29, 1.82) is 0 Å². The van der Waals surface area contributed by atoms with Crippen LogP contribution in [0.2, 0.25) is 5.02 Å². The van der Waals surface area contributed by atoms with Gasteiger partial charge in [-0.3, -0.25) is 14.5 Å². The molecule has 3 N–H and O–H groups in total. The fourth-order valence-electron chi connectivity index (χ4n) is 3.62. The minimum Gasteiger partial charge on any atom is -0.495 e. The molecule has 1 aliphatic rings. The molecule has 32 heavy (non-hydrogen) atoms. The Kier molecular flexibility index (Phi) is 7.94. The van der Waals surface area contributed by atoms with Crippen LogP contribution in [0.5, 0.6) is 5.75 Å². The molecule has 0 aromatic heterocycles. The topological polar surface area (TPSA) is 111 Å². The molecule has 2 atom stereocenters. The number of rotatable bonds is 8. The van der Waals surface area contributed by atoms with Crippen molar-refractivity contribution < 1.29 is 23.9 Å². The van der Waals surface area contributed by atoms with Crippen molar-refractivity contribution in [2.45, 2.75) is 38.0 Å². The summed E-state index contributed by atoms with van der Waals surface area (Å²) in [6.45, 7) is 0.522. The van der Waals surface area contributed by atoms with E-state index in [1.54, 1.807) is 18.2 Å². The summed E-state index contributed by atoms with van der Waals surface area (Å²) in [4.78, 5) is 38.8. The first-order valence-corrected chi connectivity index (χ1v) is 10.7. The molecule has 1 heterocycles. The number of carbonyl (C=O) groups excluding carboxylic acids is 3. The Balaban J connectivity index is 1.61. The van der Waals surface area contributed by atoms with Crippen LogP contribution in [0.25, 0.3) is 0 Å². The van der Waals surface area contributed by atoms with E-state index in [4.69, 9.17) is 26.8 Å². The lowest BCUT2D eigenvalue weighted by atomic mass is 10.0. The zero-order valence-corrected chi connectivity index (χ0v) is 18.5. The van der Waals surface area contributed by atoms with E-state index in [-0.39, 0.29) is 13.0 Å². The first kappa shape index (κ1) is 23.4. The van der Waals surface area contributed by atoms with Gasteiger partial charge in [0, 0.05) is 13.0 Å². The molecule has 1 aliphatic heterocycles. The van der Waals surface area contributed by atoms with Gasteiger partial charge in [-0.25, -0.2) is 4.79 Å². The highest BCUT2D eigenvalue weighted by molar-refractivity contribution is 6.32. The van der Waals surface area contributed by atoms with Crippen molar-refractivity contribution in [3.8, 4) is 5.75 Å². The lowest BCUT2D eigenvalue weighted by Gasteiger charge is -2.25. The highest BCUT2D eigenvalue weighted by Gasteiger charge is 2.36. The van der Waals surface area contributed by atoms with Crippen LogP contribution in [0, 0.1) is 0 Å². The Bertz CT molecular complexity index is 969. The third-order valence-corrected chi connectivity index (χ3v) is 5.61. The smallest absolute Gasteiger partial charge is 0.410 e. The number of primary amides is 1. The molecule has 0 unspecified atom stereocenters. The van der Waals surface area contributed by atoms with Crippen molar-refractivity contribution in [3.63, 3.8) is 0 Å². The molecule has 2 aromatic carbocycles. The number of methoxy groups -OCH3 is 1. The van der Waals surface area contributed by atoms with E-state index in [1.165, 1.54) is 12.0 Å². The van der Waals surface area contributed by atoms with Crippen LogP contribution in [0.15, 0.2) is 48.5 Å². The van der Waals surface area contributed by atoms with Gasteiger partial charge in [0.1, 0.15) is 24.4 Å². The van der Waals surface area contributed by atoms with Gasteiger partial charge < -0.3 is 20.5 Å². The number of amides is 3. The van der Waals surface area contributed by atoms with Crippen LogP contribution >= 0.6 is 11.6 Å². The number of ether oxygens (including phenoxy) is 2. The van der Waals surface area contributed by atoms with Crippen LogP contribution in [0.1, 0.15) is 24.0 Å². The molecule has 0 spiro atoms. The molecular weight excluding hydrogens is 434 g/mol. The van der Waals surface area contributed by atoms with Crippen molar-refractivity contribution in [2.24, 2.45) is 5.73 Å². The van der Waals surface area contributed by atoms with Crippen molar-refractivity contribution >= 4 is 29.5 Å². The number of nitrogens with one attached hydrogen (secondary N) is 1. The number of nitrogens with two attached hydrogens (primary N) is 1. The van der Waals surface area contributed by atoms with Crippen molar-refractivity contribution in [1.82, 2.24) is 10.2 Å². The van der Waals surface area contributed by atoms with E-state index < -0.39 is 30.0 Å². The summed E-state index contributed by atoms with van der Waals surface area (Å²) >= 11 is 6.14. The van der Waals surface area contributed by atoms with Crippen LogP contribution in [-0.4, -0.2) is 48.5 Å². The summed E-state index contributed by atoms with van der Waals surface area (Å²) in [6.07, 6.45) is 0.736. The maximum Gasteiger partial charge on any atom is 0.410 e. The summed E-state index contributed by atoms with van der Waals surface area (Å²) in [7, 11) is 1.51. The Morgan fingerprint density at radius 1 is 1.19 bits per heavy atom. The van der Waals surface area contributed by atoms with Crippen molar-refractivity contribution in [3.05, 3.63) is 64.7 Å². The van der Waals surface area contributed by atoms with Gasteiger partial charge in [-0.05, 0) is 36.1 Å². The number of halogens is 1. The predicted molar refractivity (Wildman–Crippen MR) is 119 cm³/mol. The van der Waals surface area contributed by atoms with Crippen LogP contribution in [-0.2, 0) is 27.4 Å². The number of nitrogens with zero attached hydrogens (tertiary/aromatic N) is 1. The van der Waals surface area contributed by atoms with E-state index in [1.807, 2.05) is 30.3 Å². The quantitative estimate of drug-likeness (QED) is 0.630. The maximum absolute atomic E-state index is 12.9. The molecule has 9 heteroatoms. The summed E-state index contributed by atoms with van der Waals surface area (Å²) in [6, 6.07) is 12.7. The summed E-state index contributed by atoms with van der Waals surface area (Å²) < 4.78 is 10.5. The van der Waals surface area contributed by atoms with Gasteiger partial charge in [-0.1, -0.05) is 48.0 Å². The SMILES string of the molecule is COc1ccc(C[C@H](NC(=O)[C@H]2CCCN2C(=O)OCc2ccccc2)C(N)=O)cc1Cl. The van der Waals surface area contributed by atoms with Gasteiger partial charge in [0.05, 0.1) is 12.1 Å². The summed E-state index contributed by atoms with van der Waals surface area (Å²) in [5, 5.41) is 3.07. The highest BCUT2D eigenvalue weighted by Crippen LogP contribution is 2.25. The van der Waals surface area contributed by atoms with Gasteiger partial charge in [-0.15, -0.1) is 0 Å². The van der Waals surface area contributed by atoms with E-state index in [9.17, 15) is 14.4 Å². The maximum atomic E-state index is 12.9. The number of hydrogen-bond acceptors (Lipinski definition) is 5. The fraction of sp³-hybridized carbons (Fsp3) is 0.348. The number of benzene rings is 2. The molecule has 0 aliphatic carbocycles. The molecule has 1 fully saturated rings. The Morgan fingerprint density at radius 3 is 2.59 bits per heavy atom. The molecule has 0 saturated carbocycles. The number of likely N-dealkylation sites (tertiary alicyclic amines) is 1. The monoisotopic (exact) mass is 459 g/mol. The molecule has 1 saturated heterocycles. The lowest BCUT2D eigenvalue weighted by molar-refractivity contribution is -0.130. The molecule has 0 radical (unpaired) electrons. The Labute approximate surface area is 191 Å². The van der Waals surface area contributed by atoms with E-state index in [0.29, 0.717) is 35.7 Å². The first-order valence-electron chi connectivity index (χ1n) is 10.3. The van der Waals surface area contributed by atoms with Crippen molar-refractivity contribution in [2.75, 3.05) is 13.7 Å². The second-order valence-corrected chi connectivity index (χ2v) is 7.94. The second-order valence-electron chi connectivity index (χ2n) is 7.53. The zero-order chi connectivity index (χ0) is 23.1. The first-order chi connectivity index (χ1) is 15.4. The second kappa shape index (κ2) is 10.9. The molecule has 2 aromatic rings. The lowest BCUT2D eigenvalue weighted by Crippen LogP contribution is -2.53. The minimum absolute atomic E-state index is 0.118. The molecule has 170 valence electrons. The van der Waals surface area contributed by atoms with Gasteiger partial charge in [-0.2, -0.15) is 0 Å². The largest absolute Gasteiger partial charge is 0.495 e. The average Bonchev–Trinajstić information content (AvgIpc) is 3.28. The summed E-state index contributed by atoms with van der Waals surface area (Å²) in [5.41, 5.74) is 7.08. The molecule has 3 rings (SSSR count). The Hall–Kier alpha value is -3.26. The minimum atomic E-state index is -0.949. The van der Waals surface area contributed by atoms with Gasteiger partial charge in [0.25, 0.3) is 0 Å². The van der Waals surface area contributed by atoms with Crippen LogP contribution < -0.4 is 15.8 Å². The average molecular weight is 460 g/mol. The third-order valence-electron chi connectivity index (χ3n) is 5.31. The fourth-order valence-corrected chi connectivity index (χ4v) is 3.90. The highest BCUT2D eigenvalue weighted by atomic mass is 35.5. The van der Waals surface area contributed by atoms with E-state index >= 15 is 0 Å². The van der Waals surface area contributed by atoms with Crippen LogP contribution in [0.4, 0.5) is 4.79 Å². The predicted octanol–water partition coefficient (Wildman–Crippen LogP) is 2.66. The normalized spacial score (nSPS) is 16.3. The summed E-state index contributed by atoms with van der Waals surface area (Å²) in [5.74, 6) is -0.616. The van der Waals surface area contributed by atoms with Gasteiger partial charge in [0.2, 0.25) is 11.8 Å². The standard InChI is InChI=1S/C23H26ClN3O5/c1-31-20-10-9-16(12-17(20)24)13-18(21(25)28)26-22(29)19-8-5-11-27(19)23(30)32-14-15-6-3-2-4-7-15/h2-4,6-7,9-10,12,18-19H,5,8,11,13-14H2,1H3,(H2,25,28)(H,26,29)/t18-,19+/m0/s1. The van der Waals surface area contributed by atoms with Gasteiger partial charge >= 0.3 is 6.09 Å². The third kappa shape index (κ3) is 5.91. The Morgan fingerprint density at radius 2 is 1.94 bits per heavy atom. The van der Waals surface area contributed by atoms with E-state index in [0.717, 1.165) is 5.56 Å². The molecule has 3 amide bonds. The number of hydrogen-bond donors (Lipinski definition) is 2.